The first-order valence-electron chi connectivity index (χ1n) is 11.4. The first kappa shape index (κ1) is 22.1. The number of aliphatic hydroxyl groups is 1. The molecule has 1 atom stereocenters. The molecule has 2 N–H and O–H groups in total. The first-order chi connectivity index (χ1) is 15.8. The van der Waals surface area contributed by atoms with E-state index in [-0.39, 0.29) is 31.1 Å². The minimum absolute atomic E-state index is 0.000678. The lowest BCUT2D eigenvalue weighted by Gasteiger charge is -2.47. The molecule has 9 heteroatoms. The molecular weight excluding hydrogens is 426 g/mol. The number of carbonyl (C=O) groups is 3. The summed E-state index contributed by atoms with van der Waals surface area (Å²) in [6.07, 6.45) is 0.560. The van der Waals surface area contributed by atoms with Crippen LogP contribution in [0.15, 0.2) is 23.4 Å². The second-order valence-electron chi connectivity index (χ2n) is 9.31. The Bertz CT molecular complexity index is 1060. The number of ether oxygens (including phenoxy) is 2. The maximum Gasteiger partial charge on any atom is 0.338 e. The van der Waals surface area contributed by atoms with E-state index in [1.807, 2.05) is 13.0 Å². The third-order valence-corrected chi connectivity index (χ3v) is 7.57. The average molecular weight is 456 g/mol. The third kappa shape index (κ3) is 3.64. The molecule has 2 saturated heterocycles. The van der Waals surface area contributed by atoms with Crippen LogP contribution in [0.1, 0.15) is 52.9 Å². The minimum Gasteiger partial charge on any atom is -0.457 e. The third-order valence-electron chi connectivity index (χ3n) is 7.57. The Morgan fingerprint density at radius 1 is 1.06 bits per heavy atom. The molecule has 176 valence electrons. The number of β-amino-alcohol motifs (C(OH)–C–C–N with tert-alkyl or cyclic N) is 1. The Balaban J connectivity index is 1.24. The maximum absolute atomic E-state index is 13.4. The number of piperazine rings is 1. The topological polar surface area (TPSA) is 108 Å². The number of carbonyl (C=O) groups excluding carboxylic acids is 3. The fraction of sp³-hybridized carbons (Fsp3) is 0.542. The SMILES string of the molecule is CC1=C(N2CCNC3(CCN(C[C@H](O)c4ccc5c(c4C)COC5=O)CC3)C2=O)COC1=O. The number of esters is 2. The van der Waals surface area contributed by atoms with Crippen LogP contribution < -0.4 is 5.32 Å². The van der Waals surface area contributed by atoms with Gasteiger partial charge in [0.25, 0.3) is 0 Å². The van der Waals surface area contributed by atoms with Crippen LogP contribution in [0.25, 0.3) is 0 Å². The van der Waals surface area contributed by atoms with Crippen LogP contribution in [-0.2, 0) is 25.7 Å². The summed E-state index contributed by atoms with van der Waals surface area (Å²) in [6, 6.07) is 3.54. The van der Waals surface area contributed by atoms with Gasteiger partial charge in [-0.15, -0.1) is 0 Å². The molecule has 33 heavy (non-hydrogen) atoms. The van der Waals surface area contributed by atoms with E-state index in [1.165, 1.54) is 0 Å². The molecule has 0 bridgehead atoms. The van der Waals surface area contributed by atoms with Crippen LogP contribution in [0, 0.1) is 6.92 Å². The molecule has 2 fully saturated rings. The van der Waals surface area contributed by atoms with Crippen molar-refractivity contribution in [2.24, 2.45) is 0 Å². The van der Waals surface area contributed by atoms with Crippen molar-refractivity contribution in [2.75, 3.05) is 39.3 Å². The predicted octanol–water partition coefficient (Wildman–Crippen LogP) is 0.796. The number of benzene rings is 1. The van der Waals surface area contributed by atoms with E-state index in [4.69, 9.17) is 9.47 Å². The number of hydrogen-bond acceptors (Lipinski definition) is 8. The van der Waals surface area contributed by atoms with Crippen molar-refractivity contribution < 1.29 is 29.0 Å². The Morgan fingerprint density at radius 3 is 2.48 bits per heavy atom. The average Bonchev–Trinajstić information content (AvgIpc) is 3.35. The minimum atomic E-state index is -0.693. The first-order valence-corrected chi connectivity index (χ1v) is 11.4. The van der Waals surface area contributed by atoms with E-state index in [0.717, 1.165) is 16.7 Å². The van der Waals surface area contributed by atoms with Crippen molar-refractivity contribution in [2.45, 2.75) is 44.9 Å². The number of hydrogen-bond donors (Lipinski definition) is 2. The lowest BCUT2D eigenvalue weighted by atomic mass is 9.83. The molecule has 1 aromatic rings. The molecule has 1 aromatic carbocycles. The standard InChI is InChI=1S/C24H29N3O6/c1-14-16(3-4-17-18(14)12-32-22(17)30)20(28)11-26-8-5-24(6-9-26)23(31)27(10-7-25-24)19-13-33-21(29)15(19)2/h3-4,20,25,28H,5-13H2,1-2H3/t20-/m0/s1. The zero-order chi connectivity index (χ0) is 23.3. The van der Waals surface area contributed by atoms with Crippen LogP contribution in [0.3, 0.4) is 0 Å². The molecule has 4 aliphatic rings. The van der Waals surface area contributed by atoms with Crippen molar-refractivity contribution in [3.63, 3.8) is 0 Å². The van der Waals surface area contributed by atoms with Gasteiger partial charge in [0.15, 0.2) is 0 Å². The molecule has 0 aliphatic carbocycles. The zero-order valence-corrected chi connectivity index (χ0v) is 19.0. The highest BCUT2D eigenvalue weighted by molar-refractivity contribution is 5.95. The van der Waals surface area contributed by atoms with Gasteiger partial charge in [0.2, 0.25) is 5.91 Å². The quantitative estimate of drug-likeness (QED) is 0.642. The van der Waals surface area contributed by atoms with Crippen molar-refractivity contribution in [3.05, 3.63) is 45.7 Å². The Morgan fingerprint density at radius 2 is 1.79 bits per heavy atom. The van der Waals surface area contributed by atoms with Crippen molar-refractivity contribution in [1.82, 2.24) is 15.1 Å². The number of likely N-dealkylation sites (tertiary alicyclic amines) is 1. The summed E-state index contributed by atoms with van der Waals surface area (Å²) in [5.74, 6) is -0.665. The van der Waals surface area contributed by atoms with E-state index in [9.17, 15) is 19.5 Å². The molecule has 5 rings (SSSR count). The van der Waals surface area contributed by atoms with Crippen LogP contribution in [0.2, 0.25) is 0 Å². The molecule has 9 nitrogen and oxygen atoms in total. The van der Waals surface area contributed by atoms with E-state index in [2.05, 4.69) is 10.2 Å². The van der Waals surface area contributed by atoms with Gasteiger partial charge in [-0.05, 0) is 43.9 Å². The summed E-state index contributed by atoms with van der Waals surface area (Å²) in [7, 11) is 0. The summed E-state index contributed by atoms with van der Waals surface area (Å²) in [6.45, 7) is 7.01. The van der Waals surface area contributed by atoms with E-state index in [0.29, 0.717) is 62.4 Å². The molecule has 0 saturated carbocycles. The van der Waals surface area contributed by atoms with Crippen LogP contribution >= 0.6 is 0 Å². The lowest BCUT2D eigenvalue weighted by molar-refractivity contribution is -0.142. The van der Waals surface area contributed by atoms with Gasteiger partial charge in [0.1, 0.15) is 18.8 Å². The Labute approximate surface area is 192 Å². The summed E-state index contributed by atoms with van der Waals surface area (Å²) in [4.78, 5) is 40.9. The molecule has 1 amide bonds. The highest BCUT2D eigenvalue weighted by atomic mass is 16.5. The number of fused-ring (bicyclic) bond motifs is 1. The fourth-order valence-electron chi connectivity index (χ4n) is 5.43. The molecule has 0 radical (unpaired) electrons. The van der Waals surface area contributed by atoms with Gasteiger partial charge < -0.3 is 29.7 Å². The Kier molecular flexibility index (Phi) is 5.50. The van der Waals surface area contributed by atoms with E-state index < -0.39 is 11.6 Å². The number of nitrogens with one attached hydrogen (secondary N) is 1. The van der Waals surface area contributed by atoms with Gasteiger partial charge in [0, 0.05) is 38.3 Å². The normalized spacial score (nSPS) is 23.7. The second kappa shape index (κ2) is 8.23. The number of rotatable bonds is 4. The molecule has 0 unspecified atom stereocenters. The summed E-state index contributed by atoms with van der Waals surface area (Å²) >= 11 is 0. The van der Waals surface area contributed by atoms with Crippen LogP contribution in [-0.4, -0.2) is 77.6 Å². The van der Waals surface area contributed by atoms with Gasteiger partial charge in [0.05, 0.1) is 22.9 Å². The number of aliphatic hydroxyl groups excluding tert-OH is 1. The number of piperidine rings is 1. The van der Waals surface area contributed by atoms with E-state index in [1.54, 1.807) is 17.9 Å². The van der Waals surface area contributed by atoms with Gasteiger partial charge in [-0.1, -0.05) is 6.07 Å². The van der Waals surface area contributed by atoms with Gasteiger partial charge in [-0.2, -0.15) is 0 Å². The predicted molar refractivity (Wildman–Crippen MR) is 117 cm³/mol. The zero-order valence-electron chi connectivity index (χ0n) is 19.0. The van der Waals surface area contributed by atoms with Gasteiger partial charge in [-0.25, -0.2) is 9.59 Å². The van der Waals surface area contributed by atoms with E-state index >= 15 is 0 Å². The van der Waals surface area contributed by atoms with Crippen LogP contribution in [0.5, 0.6) is 0 Å². The van der Waals surface area contributed by atoms with Gasteiger partial charge >= 0.3 is 11.9 Å². The Hall–Kier alpha value is -2.75. The molecule has 4 aliphatic heterocycles. The number of cyclic esters (lactones) is 2. The molecular formula is C24H29N3O6. The number of nitrogens with zero attached hydrogens (tertiary/aromatic N) is 2. The molecule has 4 heterocycles. The highest BCUT2D eigenvalue weighted by Crippen LogP contribution is 2.33. The lowest BCUT2D eigenvalue weighted by Crippen LogP contribution is -2.67. The summed E-state index contributed by atoms with van der Waals surface area (Å²) in [5, 5.41) is 14.4. The van der Waals surface area contributed by atoms with Crippen LogP contribution in [0.4, 0.5) is 0 Å². The number of amides is 1. The largest absolute Gasteiger partial charge is 0.457 e. The fourth-order valence-corrected chi connectivity index (χ4v) is 5.43. The van der Waals surface area contributed by atoms with Crippen molar-refractivity contribution in [1.29, 1.82) is 0 Å². The van der Waals surface area contributed by atoms with Crippen molar-refractivity contribution in [3.8, 4) is 0 Å². The van der Waals surface area contributed by atoms with Crippen molar-refractivity contribution >= 4 is 17.8 Å². The van der Waals surface area contributed by atoms with Gasteiger partial charge in [-0.3, -0.25) is 4.79 Å². The molecule has 0 aromatic heterocycles. The second-order valence-corrected chi connectivity index (χ2v) is 9.31. The monoisotopic (exact) mass is 455 g/mol. The molecule has 1 spiro atoms. The smallest absolute Gasteiger partial charge is 0.338 e. The summed E-state index contributed by atoms with van der Waals surface area (Å²) in [5.41, 5.74) is 3.67. The summed E-state index contributed by atoms with van der Waals surface area (Å²) < 4.78 is 10.2. The maximum atomic E-state index is 13.4. The highest BCUT2D eigenvalue weighted by Gasteiger charge is 2.47.